The molecule has 28 heavy (non-hydrogen) atoms. The van der Waals surface area contributed by atoms with Crippen LogP contribution in [0.2, 0.25) is 0 Å². The molecule has 1 aromatic heterocycles. The quantitative estimate of drug-likeness (QED) is 0.176. The lowest BCUT2D eigenvalue weighted by atomic mass is 10.1. The number of pyridine rings is 1. The molecule has 4 nitrogen and oxygen atoms in total. The van der Waals surface area contributed by atoms with Gasteiger partial charge in [0.1, 0.15) is 0 Å². The summed E-state index contributed by atoms with van der Waals surface area (Å²) in [5.41, 5.74) is 3.42. The summed E-state index contributed by atoms with van der Waals surface area (Å²) in [7, 11) is 0. The summed E-state index contributed by atoms with van der Waals surface area (Å²) in [6.07, 6.45) is 0. The van der Waals surface area contributed by atoms with Gasteiger partial charge in [0, 0.05) is 16.5 Å². The number of rotatable bonds is 3. The second kappa shape index (κ2) is 8.54. The van der Waals surface area contributed by atoms with Gasteiger partial charge in [-0.25, -0.2) is 9.98 Å². The van der Waals surface area contributed by atoms with Crippen LogP contribution in [0.3, 0.4) is 0 Å². The van der Waals surface area contributed by atoms with Gasteiger partial charge in [-0.2, -0.15) is 0 Å². The zero-order valence-electron chi connectivity index (χ0n) is 14.8. The second-order valence-corrected chi connectivity index (χ2v) is 7.62. The van der Waals surface area contributed by atoms with Gasteiger partial charge in [0.2, 0.25) is 5.12 Å². The van der Waals surface area contributed by atoms with E-state index in [1.165, 1.54) is 0 Å². The number of nitrogens with zero attached hydrogens (tertiary/aromatic N) is 2. The minimum atomic E-state index is -0.0233. The third kappa shape index (κ3) is 4.08. The van der Waals surface area contributed by atoms with Crippen molar-refractivity contribution in [1.82, 2.24) is 4.98 Å². The molecule has 0 aliphatic rings. The molecule has 1 N–H and O–H groups in total. The fraction of sp³-hybridized carbons (Fsp3) is 0.0455. The molecule has 3 aromatic carbocycles. The number of aromatic nitrogens is 1. The predicted molar refractivity (Wildman–Crippen MR) is 123 cm³/mol. The van der Waals surface area contributed by atoms with E-state index in [0.29, 0.717) is 5.17 Å². The summed E-state index contributed by atoms with van der Waals surface area (Å²) in [4.78, 5) is 21.7. The second-order valence-electron chi connectivity index (χ2n) is 6.01. The number of carbonyl (C=O) groups excluding carboxylic acids is 1. The molecule has 4 rings (SSSR count). The molecule has 0 unspecified atom stereocenters. The van der Waals surface area contributed by atoms with E-state index in [9.17, 15) is 4.79 Å². The Labute approximate surface area is 175 Å². The van der Waals surface area contributed by atoms with E-state index in [-0.39, 0.29) is 10.4 Å². The number of amidine groups is 1. The molecule has 0 saturated heterocycles. The van der Waals surface area contributed by atoms with Crippen molar-refractivity contribution >= 4 is 71.2 Å². The molecule has 0 atom stereocenters. The first-order valence-electron chi connectivity index (χ1n) is 8.69. The van der Waals surface area contributed by atoms with E-state index < -0.39 is 0 Å². The summed E-state index contributed by atoms with van der Waals surface area (Å²) in [5, 5.41) is 5.92. The highest BCUT2D eigenvalue weighted by Gasteiger charge is 2.13. The largest absolute Gasteiger partial charge is 0.334 e. The van der Waals surface area contributed by atoms with Crippen LogP contribution in [0.1, 0.15) is 0 Å². The maximum absolute atomic E-state index is 12.1. The number of alkyl halides is 1. The first-order chi connectivity index (χ1) is 13.7. The van der Waals surface area contributed by atoms with Crippen molar-refractivity contribution < 1.29 is 4.79 Å². The number of nitrogens with one attached hydrogen (secondary N) is 1. The Balaban J connectivity index is 1.90. The highest BCUT2D eigenvalue weighted by molar-refractivity contribution is 9.09. The SMILES string of the molecule is O=C(CBr)SC(=Nc1c2ccccc2nc2ccccc12)Nc1ccccc1. The number of benzene rings is 3. The Kier molecular flexibility index (Phi) is 5.69. The van der Waals surface area contributed by atoms with Gasteiger partial charge >= 0.3 is 0 Å². The van der Waals surface area contributed by atoms with E-state index in [1.807, 2.05) is 78.9 Å². The smallest absolute Gasteiger partial charge is 0.207 e. The van der Waals surface area contributed by atoms with Crippen LogP contribution in [-0.2, 0) is 4.79 Å². The minimum absolute atomic E-state index is 0.0233. The number of fused-ring (bicyclic) bond motifs is 2. The minimum Gasteiger partial charge on any atom is -0.334 e. The molecule has 4 aromatic rings. The molecule has 0 bridgehead atoms. The number of hydrogen-bond acceptors (Lipinski definition) is 4. The standard InChI is InChI=1S/C22H16BrN3OS/c23-14-20(27)28-22(24-15-8-2-1-3-9-15)26-21-16-10-4-6-12-18(16)25-19-13-7-5-11-17(19)21/h1-13H,14H2,(H,24,25,26). The maximum atomic E-state index is 12.1. The summed E-state index contributed by atoms with van der Waals surface area (Å²) >= 11 is 4.31. The summed E-state index contributed by atoms with van der Waals surface area (Å²) in [6.45, 7) is 0. The Morgan fingerprint density at radius 1 is 0.893 bits per heavy atom. The van der Waals surface area contributed by atoms with Crippen molar-refractivity contribution in [1.29, 1.82) is 0 Å². The fourth-order valence-electron chi connectivity index (χ4n) is 2.90. The van der Waals surface area contributed by atoms with Gasteiger partial charge < -0.3 is 5.32 Å². The van der Waals surface area contributed by atoms with Crippen LogP contribution < -0.4 is 5.32 Å². The molecule has 0 saturated carbocycles. The van der Waals surface area contributed by atoms with E-state index >= 15 is 0 Å². The molecule has 1 heterocycles. The zero-order valence-corrected chi connectivity index (χ0v) is 17.2. The van der Waals surface area contributed by atoms with Gasteiger partial charge in [-0.1, -0.05) is 70.5 Å². The topological polar surface area (TPSA) is 54.4 Å². The van der Waals surface area contributed by atoms with Crippen LogP contribution in [0.25, 0.3) is 21.8 Å². The van der Waals surface area contributed by atoms with Crippen molar-refractivity contribution in [2.45, 2.75) is 0 Å². The summed E-state index contributed by atoms with van der Waals surface area (Å²) in [6, 6.07) is 25.5. The summed E-state index contributed by atoms with van der Waals surface area (Å²) in [5.74, 6) is 0. The van der Waals surface area contributed by atoms with Crippen LogP contribution >= 0.6 is 27.7 Å². The third-order valence-corrected chi connectivity index (χ3v) is 5.76. The van der Waals surface area contributed by atoms with Crippen LogP contribution in [-0.4, -0.2) is 20.6 Å². The highest BCUT2D eigenvalue weighted by atomic mass is 79.9. The van der Waals surface area contributed by atoms with Gasteiger partial charge in [0.05, 0.1) is 22.1 Å². The van der Waals surface area contributed by atoms with Crippen LogP contribution in [0.15, 0.2) is 83.9 Å². The number of halogens is 1. The Morgan fingerprint density at radius 2 is 1.46 bits per heavy atom. The van der Waals surface area contributed by atoms with Gasteiger partial charge in [-0.05, 0) is 36.0 Å². The lowest BCUT2D eigenvalue weighted by Crippen LogP contribution is -2.11. The van der Waals surface area contributed by atoms with E-state index in [4.69, 9.17) is 9.98 Å². The monoisotopic (exact) mass is 449 g/mol. The van der Waals surface area contributed by atoms with Crippen LogP contribution in [0.5, 0.6) is 0 Å². The molecule has 0 aliphatic heterocycles. The average Bonchev–Trinajstić information content (AvgIpc) is 2.74. The van der Waals surface area contributed by atoms with E-state index in [1.54, 1.807) is 0 Å². The molecule has 6 heteroatoms. The average molecular weight is 450 g/mol. The highest BCUT2D eigenvalue weighted by Crippen LogP contribution is 2.34. The Hall–Kier alpha value is -2.70. The lowest BCUT2D eigenvalue weighted by molar-refractivity contribution is -0.108. The fourth-order valence-corrected chi connectivity index (χ4v) is 3.82. The predicted octanol–water partition coefficient (Wildman–Crippen LogP) is 6.14. The molecule has 0 amide bonds. The Morgan fingerprint density at radius 3 is 2.07 bits per heavy atom. The number of carbonyl (C=O) groups is 1. The van der Waals surface area contributed by atoms with E-state index in [2.05, 4.69) is 21.2 Å². The first-order valence-corrected chi connectivity index (χ1v) is 10.6. The van der Waals surface area contributed by atoms with Crippen LogP contribution in [0, 0.1) is 0 Å². The number of thioether (sulfide) groups is 1. The number of anilines is 1. The van der Waals surface area contributed by atoms with Crippen molar-refractivity contribution in [3.63, 3.8) is 0 Å². The van der Waals surface area contributed by atoms with Crippen molar-refractivity contribution in [3.05, 3.63) is 78.9 Å². The molecular formula is C22H16BrN3OS. The molecule has 0 radical (unpaired) electrons. The van der Waals surface area contributed by atoms with Gasteiger partial charge in [0.15, 0.2) is 5.17 Å². The molecule has 0 aliphatic carbocycles. The van der Waals surface area contributed by atoms with Gasteiger partial charge in [-0.15, -0.1) is 0 Å². The van der Waals surface area contributed by atoms with E-state index in [0.717, 1.165) is 44.9 Å². The zero-order chi connectivity index (χ0) is 19.3. The van der Waals surface area contributed by atoms with Crippen molar-refractivity contribution in [3.8, 4) is 0 Å². The molecule has 0 fully saturated rings. The molecule has 138 valence electrons. The van der Waals surface area contributed by atoms with Crippen LogP contribution in [0.4, 0.5) is 11.4 Å². The van der Waals surface area contributed by atoms with Gasteiger partial charge in [0.25, 0.3) is 0 Å². The normalized spacial score (nSPS) is 11.7. The maximum Gasteiger partial charge on any atom is 0.207 e. The number of hydrogen-bond donors (Lipinski definition) is 1. The third-order valence-electron chi connectivity index (χ3n) is 4.12. The first kappa shape index (κ1) is 18.7. The van der Waals surface area contributed by atoms with Crippen molar-refractivity contribution in [2.75, 3.05) is 10.6 Å². The Bertz CT molecular complexity index is 1120. The van der Waals surface area contributed by atoms with Gasteiger partial charge in [-0.3, -0.25) is 4.79 Å². The number of aliphatic imine (C=N–C) groups is 1. The number of para-hydroxylation sites is 3. The molecule has 0 spiro atoms. The summed E-state index contributed by atoms with van der Waals surface area (Å²) < 4.78 is 0. The molecular weight excluding hydrogens is 434 g/mol. The lowest BCUT2D eigenvalue weighted by Gasteiger charge is -2.11. The van der Waals surface area contributed by atoms with Crippen molar-refractivity contribution in [2.24, 2.45) is 4.99 Å².